The average molecular weight is 428 g/mol. The van der Waals surface area contributed by atoms with Crippen LogP contribution in [0.25, 0.3) is 10.9 Å². The number of ether oxygens (including phenoxy) is 1. The predicted molar refractivity (Wildman–Crippen MR) is 122 cm³/mol. The number of rotatable bonds is 6. The number of nitrogens with zero attached hydrogens (tertiary/aromatic N) is 4. The van der Waals surface area contributed by atoms with Crippen molar-refractivity contribution in [2.45, 2.75) is 39.3 Å². The number of hydrogen-bond donors (Lipinski definition) is 2. The van der Waals surface area contributed by atoms with E-state index in [1.807, 2.05) is 19.0 Å². The molecule has 2 radical (unpaired) electrons. The fraction of sp³-hybridized carbons (Fsp3) is 0.571. The van der Waals surface area contributed by atoms with E-state index in [4.69, 9.17) is 12.6 Å². The molecule has 0 aliphatic carbocycles. The van der Waals surface area contributed by atoms with Crippen LogP contribution in [0.15, 0.2) is 6.07 Å². The second-order valence-electron chi connectivity index (χ2n) is 9.07. The van der Waals surface area contributed by atoms with Gasteiger partial charge in [-0.25, -0.2) is 14.2 Å². The highest BCUT2D eigenvalue weighted by Crippen LogP contribution is 2.28. The molecule has 0 bridgehead atoms. The van der Waals surface area contributed by atoms with E-state index in [1.54, 1.807) is 33.8 Å². The summed E-state index contributed by atoms with van der Waals surface area (Å²) in [5.41, 5.74) is 0.327. The highest BCUT2D eigenvalue weighted by atomic mass is 19.1. The first kappa shape index (κ1) is 23.1. The number of likely N-dealkylation sites (N-methyl/N-ethyl adjacent to an activating group) is 1. The van der Waals surface area contributed by atoms with Crippen molar-refractivity contribution in [1.29, 1.82) is 0 Å². The van der Waals surface area contributed by atoms with Gasteiger partial charge in [0.05, 0.1) is 0 Å². The van der Waals surface area contributed by atoms with E-state index < -0.39 is 17.5 Å². The molecule has 0 unspecified atom stereocenters. The first-order valence-electron chi connectivity index (χ1n) is 10.3. The molecule has 3 rings (SSSR count). The highest BCUT2D eigenvalue weighted by molar-refractivity contribution is 6.34. The minimum Gasteiger partial charge on any atom is -0.444 e. The van der Waals surface area contributed by atoms with Gasteiger partial charge in [-0.15, -0.1) is 0 Å². The first-order valence-corrected chi connectivity index (χ1v) is 10.3. The maximum Gasteiger partial charge on any atom is 0.407 e. The number of anilines is 2. The monoisotopic (exact) mass is 428 g/mol. The lowest BCUT2D eigenvalue weighted by Crippen LogP contribution is -2.58. The number of aryl methyl sites for hydroxylation is 1. The summed E-state index contributed by atoms with van der Waals surface area (Å²) in [6, 6.07) is 2.18. The second-order valence-corrected chi connectivity index (χ2v) is 9.07. The number of alkyl carbamates (subject to hydrolysis) is 1. The maximum absolute atomic E-state index is 14.9. The number of carbonyl (C=O) groups excluding carboxylic acids is 1. The molecule has 2 heterocycles. The summed E-state index contributed by atoms with van der Waals surface area (Å²) in [5, 5.41) is 6.43. The molecule has 8 nitrogen and oxygen atoms in total. The van der Waals surface area contributed by atoms with Gasteiger partial charge in [-0.2, -0.15) is 4.98 Å². The molecule has 1 aliphatic heterocycles. The Morgan fingerprint density at radius 2 is 2.00 bits per heavy atom. The largest absolute Gasteiger partial charge is 0.444 e. The number of nitrogens with one attached hydrogen (secondary N) is 2. The van der Waals surface area contributed by atoms with Crippen LogP contribution in [0, 0.1) is 12.7 Å². The summed E-state index contributed by atoms with van der Waals surface area (Å²) in [6.45, 7) is 9.39. The normalized spacial score (nSPS) is 14.6. The van der Waals surface area contributed by atoms with Gasteiger partial charge >= 0.3 is 6.09 Å². The minimum atomic E-state index is -0.564. The number of amides is 1. The number of fused-ring (bicyclic) bond motifs is 1. The fourth-order valence-electron chi connectivity index (χ4n) is 3.24. The molecule has 1 aromatic heterocycles. The van der Waals surface area contributed by atoms with Crippen LogP contribution in [0.4, 0.5) is 21.0 Å². The maximum atomic E-state index is 14.9. The van der Waals surface area contributed by atoms with Crippen molar-refractivity contribution in [3.63, 3.8) is 0 Å². The van der Waals surface area contributed by atoms with Crippen LogP contribution >= 0.6 is 0 Å². The summed E-state index contributed by atoms with van der Waals surface area (Å²) in [6.07, 6.45) is -0.493. The Kier molecular flexibility index (Phi) is 6.59. The zero-order valence-electron chi connectivity index (χ0n) is 19.0. The van der Waals surface area contributed by atoms with Crippen molar-refractivity contribution < 1.29 is 13.9 Å². The van der Waals surface area contributed by atoms with E-state index in [1.165, 1.54) is 0 Å². The smallest absolute Gasteiger partial charge is 0.407 e. The van der Waals surface area contributed by atoms with E-state index in [2.05, 4.69) is 25.5 Å². The number of hydrogen-bond acceptors (Lipinski definition) is 7. The van der Waals surface area contributed by atoms with E-state index in [0.29, 0.717) is 41.8 Å². The van der Waals surface area contributed by atoms with E-state index in [9.17, 15) is 9.18 Å². The van der Waals surface area contributed by atoms with Crippen molar-refractivity contribution in [1.82, 2.24) is 20.2 Å². The van der Waals surface area contributed by atoms with Gasteiger partial charge in [0.15, 0.2) is 0 Å². The molecule has 1 fully saturated rings. The van der Waals surface area contributed by atoms with Crippen LogP contribution in [0.1, 0.15) is 26.3 Å². The quantitative estimate of drug-likeness (QED) is 0.534. The van der Waals surface area contributed by atoms with E-state index in [0.717, 1.165) is 13.1 Å². The summed E-state index contributed by atoms with van der Waals surface area (Å²) < 4.78 is 20.1. The Morgan fingerprint density at radius 1 is 1.32 bits per heavy atom. The Bertz CT molecular complexity index is 973. The Labute approximate surface area is 184 Å². The average Bonchev–Trinajstić information content (AvgIpc) is 2.61. The van der Waals surface area contributed by atoms with Gasteiger partial charge in [0, 0.05) is 37.6 Å². The van der Waals surface area contributed by atoms with Gasteiger partial charge in [-0.05, 0) is 47.9 Å². The standard InChI is InChI=1S/C21H30BFN6O2/c1-12-9-14-17(16(23)15(12)22)26-19(29-10-13(11-29)28(5)6)27-18(14)24-7-8-25-20(30)31-21(2,3)4/h9,13H,7-8,10-11H2,1-6H3,(H,25,30)(H,24,26,27). The Morgan fingerprint density at radius 3 is 2.61 bits per heavy atom. The number of halogens is 1. The van der Waals surface area contributed by atoms with Crippen molar-refractivity contribution in [2.24, 2.45) is 0 Å². The van der Waals surface area contributed by atoms with Crippen molar-refractivity contribution >= 4 is 42.1 Å². The molecule has 1 aliphatic rings. The number of benzene rings is 1. The molecule has 10 heteroatoms. The topological polar surface area (TPSA) is 82.6 Å². The third-order valence-electron chi connectivity index (χ3n) is 5.12. The molecule has 2 N–H and O–H groups in total. The molecule has 2 aromatic rings. The Hall–Kier alpha value is -2.62. The summed E-state index contributed by atoms with van der Waals surface area (Å²) in [7, 11) is 9.95. The SMILES string of the molecule is [B]c1c(C)cc2c(NCCNC(=O)OC(C)(C)C)nc(N3CC(N(C)C)C3)nc2c1F. The minimum absolute atomic E-state index is 0.0875. The number of carbonyl (C=O) groups is 1. The first-order chi connectivity index (χ1) is 14.5. The van der Waals surface area contributed by atoms with Gasteiger partial charge < -0.3 is 25.2 Å². The van der Waals surface area contributed by atoms with Crippen molar-refractivity contribution in [2.75, 3.05) is 50.5 Å². The van der Waals surface area contributed by atoms with Crippen LogP contribution in [0.3, 0.4) is 0 Å². The molecule has 166 valence electrons. The van der Waals surface area contributed by atoms with E-state index in [-0.39, 0.29) is 11.0 Å². The fourth-order valence-corrected chi connectivity index (χ4v) is 3.24. The lowest BCUT2D eigenvalue weighted by Gasteiger charge is -2.42. The van der Waals surface area contributed by atoms with Crippen LogP contribution < -0.4 is 21.0 Å². The summed E-state index contributed by atoms with van der Waals surface area (Å²) >= 11 is 0. The zero-order chi connectivity index (χ0) is 22.9. The van der Waals surface area contributed by atoms with Crippen LogP contribution in [0.5, 0.6) is 0 Å². The van der Waals surface area contributed by atoms with Gasteiger partial charge in [0.25, 0.3) is 0 Å². The van der Waals surface area contributed by atoms with Crippen LogP contribution in [-0.4, -0.2) is 80.7 Å². The zero-order valence-corrected chi connectivity index (χ0v) is 19.0. The van der Waals surface area contributed by atoms with Gasteiger partial charge in [0.2, 0.25) is 5.95 Å². The Balaban J connectivity index is 1.79. The van der Waals surface area contributed by atoms with Crippen molar-refractivity contribution in [3.05, 3.63) is 17.4 Å². The van der Waals surface area contributed by atoms with Gasteiger partial charge in [-0.3, -0.25) is 0 Å². The summed E-state index contributed by atoms with van der Waals surface area (Å²) in [5.74, 6) is 0.412. The molecule has 0 atom stereocenters. The molecule has 1 aromatic carbocycles. The third-order valence-corrected chi connectivity index (χ3v) is 5.12. The lowest BCUT2D eigenvalue weighted by molar-refractivity contribution is 0.0530. The van der Waals surface area contributed by atoms with Gasteiger partial charge in [0.1, 0.15) is 30.6 Å². The third kappa shape index (κ3) is 5.36. The molecule has 1 amide bonds. The van der Waals surface area contributed by atoms with Crippen LogP contribution in [0.2, 0.25) is 0 Å². The molecule has 0 saturated carbocycles. The van der Waals surface area contributed by atoms with Crippen molar-refractivity contribution in [3.8, 4) is 0 Å². The molecule has 1 saturated heterocycles. The molecule has 31 heavy (non-hydrogen) atoms. The lowest BCUT2D eigenvalue weighted by atomic mass is 9.89. The second kappa shape index (κ2) is 8.86. The van der Waals surface area contributed by atoms with E-state index >= 15 is 0 Å². The highest BCUT2D eigenvalue weighted by Gasteiger charge is 2.31. The summed E-state index contributed by atoms with van der Waals surface area (Å²) in [4.78, 5) is 25.1. The predicted octanol–water partition coefficient (Wildman–Crippen LogP) is 1.56. The molecule has 0 spiro atoms. The molecular formula is C21H30BFN6O2. The number of aromatic nitrogens is 2. The van der Waals surface area contributed by atoms with Gasteiger partial charge in [-0.1, -0.05) is 11.0 Å². The van der Waals surface area contributed by atoms with Crippen LogP contribution in [-0.2, 0) is 4.74 Å². The molecular weight excluding hydrogens is 398 g/mol.